The first-order valence-electron chi connectivity index (χ1n) is 12.3. The van der Waals surface area contributed by atoms with Crippen molar-refractivity contribution in [3.8, 4) is 11.5 Å². The van der Waals surface area contributed by atoms with Crippen molar-refractivity contribution in [2.24, 2.45) is 0 Å². The Morgan fingerprint density at radius 1 is 0.971 bits per heavy atom. The van der Waals surface area contributed by atoms with Crippen LogP contribution in [0.25, 0.3) is 11.0 Å². The van der Waals surface area contributed by atoms with Gasteiger partial charge in [0, 0.05) is 18.5 Å². The van der Waals surface area contributed by atoms with E-state index < -0.39 is 0 Å². The zero-order valence-corrected chi connectivity index (χ0v) is 20.3. The van der Waals surface area contributed by atoms with Crippen LogP contribution in [0, 0.1) is 6.92 Å². The van der Waals surface area contributed by atoms with Gasteiger partial charge < -0.3 is 18.6 Å². The molecule has 0 atom stereocenters. The van der Waals surface area contributed by atoms with Gasteiger partial charge in [-0.1, -0.05) is 30.3 Å². The van der Waals surface area contributed by atoms with Crippen molar-refractivity contribution in [3.05, 3.63) is 59.4 Å². The zero-order valence-electron chi connectivity index (χ0n) is 20.3. The van der Waals surface area contributed by atoms with Crippen LogP contribution < -0.4 is 9.47 Å². The molecule has 1 aliphatic heterocycles. The fraction of sp³-hybridized carbons (Fsp3) is 0.464. The molecular weight excluding hydrogens is 430 g/mol. The molecule has 2 aromatic carbocycles. The van der Waals surface area contributed by atoms with Crippen LogP contribution in [0.4, 0.5) is 0 Å². The van der Waals surface area contributed by atoms with Gasteiger partial charge >= 0.3 is 0 Å². The van der Waals surface area contributed by atoms with Crippen LogP contribution in [0.3, 0.4) is 0 Å². The molecule has 2 heterocycles. The second-order valence-corrected chi connectivity index (χ2v) is 8.83. The highest BCUT2D eigenvalue weighted by Crippen LogP contribution is 2.43. The number of hydrogen-bond acceptors (Lipinski definition) is 6. The van der Waals surface area contributed by atoms with Gasteiger partial charge in [0.2, 0.25) is 5.75 Å². The van der Waals surface area contributed by atoms with E-state index in [0.717, 1.165) is 69.5 Å². The molecule has 0 aliphatic carbocycles. The summed E-state index contributed by atoms with van der Waals surface area (Å²) in [7, 11) is 0. The van der Waals surface area contributed by atoms with Gasteiger partial charge in [-0.3, -0.25) is 9.69 Å². The Morgan fingerprint density at radius 3 is 2.47 bits per heavy atom. The summed E-state index contributed by atoms with van der Waals surface area (Å²) in [6.07, 6.45) is 5.35. The molecule has 1 aromatic heterocycles. The van der Waals surface area contributed by atoms with E-state index in [1.807, 2.05) is 31.2 Å². The maximum Gasteiger partial charge on any atom is 0.205 e. The van der Waals surface area contributed by atoms with E-state index in [9.17, 15) is 4.79 Å². The first-order valence-corrected chi connectivity index (χ1v) is 12.3. The molecule has 0 amide bonds. The Bertz CT molecular complexity index is 1070. The van der Waals surface area contributed by atoms with E-state index in [1.165, 1.54) is 5.56 Å². The van der Waals surface area contributed by atoms with E-state index in [0.29, 0.717) is 35.9 Å². The molecule has 1 aliphatic rings. The molecule has 0 bridgehead atoms. The highest BCUT2D eigenvalue weighted by molar-refractivity contribution is 6.05. The number of hydrogen-bond donors (Lipinski definition) is 0. The van der Waals surface area contributed by atoms with Crippen molar-refractivity contribution in [2.45, 2.75) is 39.5 Å². The summed E-state index contributed by atoms with van der Waals surface area (Å²) in [5.41, 5.74) is 3.38. The predicted molar refractivity (Wildman–Crippen MR) is 133 cm³/mol. The first-order chi connectivity index (χ1) is 16.6. The number of nitrogens with zero attached hydrogens (tertiary/aromatic N) is 1. The number of furan rings is 1. The fourth-order valence-corrected chi connectivity index (χ4v) is 4.53. The van der Waals surface area contributed by atoms with Crippen molar-refractivity contribution in [1.82, 2.24) is 4.90 Å². The number of rotatable bonds is 12. The maximum atomic E-state index is 12.6. The molecule has 0 unspecified atom stereocenters. The van der Waals surface area contributed by atoms with Gasteiger partial charge in [-0.15, -0.1) is 0 Å². The lowest BCUT2D eigenvalue weighted by atomic mass is 9.99. The van der Waals surface area contributed by atoms with E-state index in [-0.39, 0.29) is 5.78 Å². The normalized spacial score (nSPS) is 14.4. The highest BCUT2D eigenvalue weighted by atomic mass is 16.5. The van der Waals surface area contributed by atoms with Crippen LogP contribution in [0.5, 0.6) is 11.5 Å². The van der Waals surface area contributed by atoms with Gasteiger partial charge in [0.15, 0.2) is 17.1 Å². The summed E-state index contributed by atoms with van der Waals surface area (Å²) in [4.78, 5) is 15.1. The van der Waals surface area contributed by atoms with Crippen molar-refractivity contribution in [3.63, 3.8) is 0 Å². The van der Waals surface area contributed by atoms with Gasteiger partial charge in [0.05, 0.1) is 38.3 Å². The van der Waals surface area contributed by atoms with Gasteiger partial charge in [-0.25, -0.2) is 0 Å². The molecule has 0 saturated carbocycles. The standard InChI is InChI=1S/C28H35NO5/c1-21-24-12-18-34-26(24)28(33-17-8-11-23-9-4-3-5-10-23)27(25(21)22(2)30)32-16-7-6-13-29-14-19-31-20-15-29/h3-5,9-10,12,18H,6-8,11,13-17,19-20H2,1-2H3. The Morgan fingerprint density at radius 2 is 1.71 bits per heavy atom. The Balaban J connectivity index is 1.45. The summed E-state index contributed by atoms with van der Waals surface area (Å²) in [5.74, 6) is 1.02. The molecule has 0 radical (unpaired) electrons. The smallest absolute Gasteiger partial charge is 0.205 e. The van der Waals surface area contributed by atoms with Crippen LogP contribution in [-0.2, 0) is 11.2 Å². The van der Waals surface area contributed by atoms with Crippen LogP contribution in [0.15, 0.2) is 47.1 Å². The molecular formula is C28H35NO5. The van der Waals surface area contributed by atoms with Crippen molar-refractivity contribution >= 4 is 16.8 Å². The number of Topliss-reactive ketones (excluding diaryl/α,β-unsaturated/α-hetero) is 1. The summed E-state index contributed by atoms with van der Waals surface area (Å²) in [6.45, 7) is 9.20. The predicted octanol–water partition coefficient (Wildman–Crippen LogP) is 5.45. The van der Waals surface area contributed by atoms with Crippen LogP contribution in [0.2, 0.25) is 0 Å². The Hall–Kier alpha value is -2.83. The lowest BCUT2D eigenvalue weighted by Crippen LogP contribution is -2.36. The quantitative estimate of drug-likeness (QED) is 0.262. The molecule has 0 spiro atoms. The van der Waals surface area contributed by atoms with Gasteiger partial charge in [0.1, 0.15) is 0 Å². The molecule has 6 heteroatoms. The van der Waals surface area contributed by atoms with Gasteiger partial charge in [0.25, 0.3) is 0 Å². The molecule has 1 fully saturated rings. The van der Waals surface area contributed by atoms with E-state index in [1.54, 1.807) is 13.2 Å². The number of fused-ring (bicyclic) bond motifs is 1. The topological polar surface area (TPSA) is 61.1 Å². The van der Waals surface area contributed by atoms with Crippen LogP contribution >= 0.6 is 0 Å². The van der Waals surface area contributed by atoms with Crippen molar-refractivity contribution in [1.29, 1.82) is 0 Å². The van der Waals surface area contributed by atoms with Crippen LogP contribution in [-0.4, -0.2) is 56.7 Å². The Labute approximate surface area is 201 Å². The molecule has 1 saturated heterocycles. The van der Waals surface area contributed by atoms with Crippen molar-refractivity contribution in [2.75, 3.05) is 46.1 Å². The minimum atomic E-state index is -0.0296. The second-order valence-electron chi connectivity index (χ2n) is 8.83. The maximum absolute atomic E-state index is 12.6. The summed E-state index contributed by atoms with van der Waals surface area (Å²) < 4.78 is 23.7. The van der Waals surface area contributed by atoms with E-state index in [2.05, 4.69) is 17.0 Å². The number of ketones is 1. The number of benzene rings is 2. The average Bonchev–Trinajstić information content (AvgIpc) is 3.34. The molecule has 4 rings (SSSR count). The Kier molecular flexibility index (Phi) is 8.61. The third kappa shape index (κ3) is 5.99. The first kappa shape index (κ1) is 24.3. The lowest BCUT2D eigenvalue weighted by Gasteiger charge is -2.26. The zero-order chi connectivity index (χ0) is 23.8. The molecule has 182 valence electrons. The van der Waals surface area contributed by atoms with Gasteiger partial charge in [-0.2, -0.15) is 0 Å². The largest absolute Gasteiger partial charge is 0.489 e. The number of unbranched alkanes of at least 4 members (excludes halogenated alkanes) is 1. The number of morpholine rings is 1. The van der Waals surface area contributed by atoms with E-state index in [4.69, 9.17) is 18.6 Å². The van der Waals surface area contributed by atoms with E-state index >= 15 is 0 Å². The number of ether oxygens (including phenoxy) is 3. The molecule has 34 heavy (non-hydrogen) atoms. The number of carbonyl (C=O) groups excluding carboxylic acids is 1. The third-order valence-electron chi connectivity index (χ3n) is 6.35. The molecule has 3 aromatic rings. The third-order valence-corrected chi connectivity index (χ3v) is 6.35. The van der Waals surface area contributed by atoms with Gasteiger partial charge in [-0.05, 0) is 63.3 Å². The number of carbonyl (C=O) groups is 1. The average molecular weight is 466 g/mol. The molecule has 6 nitrogen and oxygen atoms in total. The highest BCUT2D eigenvalue weighted by Gasteiger charge is 2.24. The fourth-order valence-electron chi connectivity index (χ4n) is 4.53. The second kappa shape index (κ2) is 12.0. The number of aryl methyl sites for hydroxylation is 2. The minimum absolute atomic E-state index is 0.0296. The van der Waals surface area contributed by atoms with Crippen molar-refractivity contribution < 1.29 is 23.4 Å². The van der Waals surface area contributed by atoms with Crippen LogP contribution in [0.1, 0.15) is 47.7 Å². The summed E-state index contributed by atoms with van der Waals surface area (Å²) in [5, 5.41) is 0.892. The lowest BCUT2D eigenvalue weighted by molar-refractivity contribution is 0.0367. The summed E-state index contributed by atoms with van der Waals surface area (Å²) in [6, 6.07) is 12.2. The SMILES string of the molecule is CC(=O)c1c(OCCCCN2CCOCC2)c(OCCCc2ccccc2)c2occc2c1C. The monoisotopic (exact) mass is 465 g/mol. The molecule has 0 N–H and O–H groups in total. The summed E-state index contributed by atoms with van der Waals surface area (Å²) >= 11 is 0. The minimum Gasteiger partial charge on any atom is -0.489 e.